The summed E-state index contributed by atoms with van der Waals surface area (Å²) in [5, 5.41) is 3.06. The van der Waals surface area contributed by atoms with Crippen molar-refractivity contribution in [2.75, 3.05) is 0 Å². The van der Waals surface area contributed by atoms with Gasteiger partial charge in [0.05, 0.1) is 12.0 Å². The van der Waals surface area contributed by atoms with Crippen molar-refractivity contribution in [2.45, 2.75) is 72.3 Å². The summed E-state index contributed by atoms with van der Waals surface area (Å²) in [6.45, 7) is 9.83. The Labute approximate surface area is 166 Å². The van der Waals surface area contributed by atoms with Gasteiger partial charge in [-0.15, -0.1) is 0 Å². The zero-order valence-corrected chi connectivity index (χ0v) is 17.4. The summed E-state index contributed by atoms with van der Waals surface area (Å²) in [5.41, 5.74) is 2.19. The average Bonchev–Trinajstić information content (AvgIpc) is 2.83. The number of rotatable bonds is 3. The van der Waals surface area contributed by atoms with Crippen LogP contribution in [0.25, 0.3) is 5.57 Å². The van der Waals surface area contributed by atoms with Crippen molar-refractivity contribution < 1.29 is 19.1 Å². The molecule has 1 heterocycles. The number of amides is 1. The van der Waals surface area contributed by atoms with Gasteiger partial charge in [0.25, 0.3) is 5.91 Å². The first kappa shape index (κ1) is 20.3. The second-order valence-electron chi connectivity index (χ2n) is 9.31. The molecule has 0 unspecified atom stereocenters. The largest absolute Gasteiger partial charge is 0.428 e. The molecule has 1 spiro atoms. The van der Waals surface area contributed by atoms with Gasteiger partial charge in [-0.25, -0.2) is 0 Å². The molecular weight excluding hydrogens is 354 g/mol. The first-order valence-electron chi connectivity index (χ1n) is 9.88. The third-order valence-corrected chi connectivity index (χ3v) is 5.46. The summed E-state index contributed by atoms with van der Waals surface area (Å²) in [7, 11) is 0. The lowest BCUT2D eigenvalue weighted by Gasteiger charge is -2.34. The zero-order valence-electron chi connectivity index (χ0n) is 17.4. The van der Waals surface area contributed by atoms with Crippen molar-refractivity contribution in [1.29, 1.82) is 0 Å². The Balaban J connectivity index is 2.10. The molecule has 5 nitrogen and oxygen atoms in total. The Bertz CT molecular complexity index is 863. The van der Waals surface area contributed by atoms with E-state index < -0.39 is 5.54 Å². The van der Waals surface area contributed by atoms with Crippen molar-refractivity contribution in [3.63, 3.8) is 0 Å². The maximum absolute atomic E-state index is 13.0. The summed E-state index contributed by atoms with van der Waals surface area (Å²) in [6, 6.07) is 5.91. The van der Waals surface area contributed by atoms with E-state index in [0.29, 0.717) is 37.0 Å². The molecule has 3 rings (SSSR count). The second kappa shape index (κ2) is 7.19. The van der Waals surface area contributed by atoms with Crippen molar-refractivity contribution in [3.8, 4) is 0 Å². The first-order chi connectivity index (χ1) is 13.0. The van der Waals surface area contributed by atoms with E-state index in [2.05, 4.69) is 5.32 Å². The molecule has 28 heavy (non-hydrogen) atoms. The first-order valence-corrected chi connectivity index (χ1v) is 9.88. The van der Waals surface area contributed by atoms with Gasteiger partial charge in [-0.05, 0) is 43.2 Å². The van der Waals surface area contributed by atoms with Gasteiger partial charge in [0.1, 0.15) is 17.1 Å². The van der Waals surface area contributed by atoms with Crippen LogP contribution in [-0.2, 0) is 19.1 Å². The maximum atomic E-state index is 13.0. The summed E-state index contributed by atoms with van der Waals surface area (Å²) in [4.78, 5) is 37.5. The maximum Gasteiger partial charge on any atom is 0.311 e. The Morgan fingerprint density at radius 1 is 1.14 bits per heavy atom. The number of benzene rings is 1. The predicted molar refractivity (Wildman–Crippen MR) is 107 cm³/mol. The fraction of sp³-hybridized carbons (Fsp3) is 0.522. The molecule has 1 amide bonds. The fourth-order valence-corrected chi connectivity index (χ4v) is 3.97. The van der Waals surface area contributed by atoms with E-state index in [9.17, 15) is 14.4 Å². The standard InChI is InChI=1S/C23H29NO4/c1-14-6-7-15(2)17(12-14)19-20(28-18(26)13-22(3,4)5)23(24-21(19)27)10-8-16(25)9-11-23/h6-7,12H,8-11,13H2,1-5H3,(H,24,27). The van der Waals surface area contributed by atoms with E-state index in [-0.39, 0.29) is 29.5 Å². The number of carbonyl (C=O) groups excluding carboxylic acids is 3. The molecule has 0 atom stereocenters. The third kappa shape index (κ3) is 4.03. The van der Waals surface area contributed by atoms with Crippen LogP contribution in [0.2, 0.25) is 0 Å². The zero-order chi connectivity index (χ0) is 20.7. The number of hydrogen-bond acceptors (Lipinski definition) is 4. The molecule has 5 heteroatoms. The predicted octanol–water partition coefficient (Wildman–Crippen LogP) is 4.01. The van der Waals surface area contributed by atoms with E-state index in [4.69, 9.17) is 4.74 Å². The number of ketones is 1. The second-order valence-corrected chi connectivity index (χ2v) is 9.31. The number of hydrogen-bond donors (Lipinski definition) is 1. The van der Waals surface area contributed by atoms with Gasteiger partial charge in [0.15, 0.2) is 0 Å². The van der Waals surface area contributed by atoms with Crippen molar-refractivity contribution in [2.24, 2.45) is 5.41 Å². The minimum Gasteiger partial charge on any atom is -0.428 e. The molecule has 0 saturated heterocycles. The molecule has 1 N–H and O–H groups in total. The van der Waals surface area contributed by atoms with Crippen LogP contribution in [0.1, 0.15) is 69.6 Å². The highest BCUT2D eigenvalue weighted by Crippen LogP contribution is 2.43. The normalized spacial score (nSPS) is 19.2. The van der Waals surface area contributed by atoms with Crippen LogP contribution >= 0.6 is 0 Å². The van der Waals surface area contributed by atoms with Gasteiger partial charge in [0.2, 0.25) is 0 Å². The number of carbonyl (C=O) groups is 3. The Morgan fingerprint density at radius 2 is 1.79 bits per heavy atom. The molecule has 1 aliphatic carbocycles. The molecule has 1 saturated carbocycles. The minimum atomic E-state index is -0.774. The minimum absolute atomic E-state index is 0.181. The third-order valence-electron chi connectivity index (χ3n) is 5.46. The van der Waals surface area contributed by atoms with E-state index in [1.54, 1.807) is 0 Å². The van der Waals surface area contributed by atoms with Crippen LogP contribution in [0.3, 0.4) is 0 Å². The Morgan fingerprint density at radius 3 is 2.39 bits per heavy atom. The number of aryl methyl sites for hydroxylation is 2. The molecule has 1 aliphatic heterocycles. The Kier molecular flexibility index (Phi) is 5.22. The van der Waals surface area contributed by atoms with Gasteiger partial charge in [0, 0.05) is 12.8 Å². The summed E-state index contributed by atoms with van der Waals surface area (Å²) >= 11 is 0. The summed E-state index contributed by atoms with van der Waals surface area (Å²) in [5.74, 6) is -0.00642. The fourth-order valence-electron chi connectivity index (χ4n) is 3.97. The molecule has 2 aliphatic rings. The quantitative estimate of drug-likeness (QED) is 0.801. The van der Waals surface area contributed by atoms with Crippen LogP contribution in [-0.4, -0.2) is 23.2 Å². The summed E-state index contributed by atoms with van der Waals surface area (Å²) in [6.07, 6.45) is 1.93. The van der Waals surface area contributed by atoms with Gasteiger partial charge >= 0.3 is 5.97 Å². The Hall–Kier alpha value is -2.43. The smallest absolute Gasteiger partial charge is 0.311 e. The summed E-state index contributed by atoms with van der Waals surface area (Å²) < 4.78 is 5.89. The van der Waals surface area contributed by atoms with Gasteiger partial charge in [-0.2, -0.15) is 0 Å². The van der Waals surface area contributed by atoms with Crippen molar-refractivity contribution in [3.05, 3.63) is 40.6 Å². The number of ether oxygens (including phenoxy) is 1. The SMILES string of the molecule is Cc1ccc(C)c(C2=C(OC(=O)CC(C)(C)C)C3(CCC(=O)CC3)NC2=O)c1. The van der Waals surface area contributed by atoms with Crippen molar-refractivity contribution in [1.82, 2.24) is 5.32 Å². The highest BCUT2D eigenvalue weighted by atomic mass is 16.5. The molecular formula is C23H29NO4. The van der Waals surface area contributed by atoms with E-state index >= 15 is 0 Å². The average molecular weight is 383 g/mol. The molecule has 1 aromatic carbocycles. The van der Waals surface area contributed by atoms with E-state index in [0.717, 1.165) is 16.7 Å². The van der Waals surface area contributed by atoms with E-state index in [1.165, 1.54) is 0 Å². The van der Waals surface area contributed by atoms with Crippen LogP contribution in [0.15, 0.2) is 24.0 Å². The van der Waals surface area contributed by atoms with Crippen LogP contribution in [0.4, 0.5) is 0 Å². The van der Waals surface area contributed by atoms with Crippen LogP contribution < -0.4 is 5.32 Å². The van der Waals surface area contributed by atoms with E-state index in [1.807, 2.05) is 52.8 Å². The van der Waals surface area contributed by atoms with Gasteiger partial charge in [-0.3, -0.25) is 14.4 Å². The molecule has 1 aromatic rings. The number of Topliss-reactive ketones (excluding diaryl/α,β-unsaturated/α-hetero) is 1. The molecule has 0 aromatic heterocycles. The van der Waals surface area contributed by atoms with Crippen LogP contribution in [0, 0.1) is 19.3 Å². The van der Waals surface area contributed by atoms with Gasteiger partial charge in [-0.1, -0.05) is 44.5 Å². The topological polar surface area (TPSA) is 72.5 Å². The molecule has 0 bridgehead atoms. The lowest BCUT2D eigenvalue weighted by Crippen LogP contribution is -2.48. The lowest BCUT2D eigenvalue weighted by molar-refractivity contribution is -0.143. The highest BCUT2D eigenvalue weighted by Gasteiger charge is 2.50. The van der Waals surface area contributed by atoms with Crippen molar-refractivity contribution >= 4 is 23.2 Å². The number of nitrogens with one attached hydrogen (secondary N) is 1. The molecule has 150 valence electrons. The molecule has 1 fully saturated rings. The van der Waals surface area contributed by atoms with Crippen LogP contribution in [0.5, 0.6) is 0 Å². The van der Waals surface area contributed by atoms with Gasteiger partial charge < -0.3 is 10.1 Å². The number of esters is 1. The lowest BCUT2D eigenvalue weighted by atomic mass is 9.79. The highest BCUT2D eigenvalue weighted by molar-refractivity contribution is 6.24. The monoisotopic (exact) mass is 383 g/mol. The molecule has 0 radical (unpaired) electrons.